The van der Waals surface area contributed by atoms with E-state index in [0.29, 0.717) is 6.54 Å². The van der Waals surface area contributed by atoms with Crippen LogP contribution >= 0.6 is 0 Å². The maximum absolute atomic E-state index is 14.2. The second-order valence-electron chi connectivity index (χ2n) is 6.74. The molecule has 0 aliphatic heterocycles. The van der Waals surface area contributed by atoms with Crippen LogP contribution in [0.4, 0.5) is 22.1 Å². The number of imidazole rings is 1. The molecule has 4 aromatic rings. The van der Waals surface area contributed by atoms with Crippen molar-refractivity contribution in [1.82, 2.24) is 29.3 Å². The summed E-state index contributed by atoms with van der Waals surface area (Å²) >= 11 is 0. The van der Waals surface area contributed by atoms with Crippen molar-refractivity contribution in [2.45, 2.75) is 13.1 Å². The summed E-state index contributed by atoms with van der Waals surface area (Å²) in [7, 11) is 1.85. The van der Waals surface area contributed by atoms with Crippen LogP contribution < -0.4 is 10.6 Å². The van der Waals surface area contributed by atoms with Gasteiger partial charge in [-0.05, 0) is 17.2 Å². The molecule has 0 amide bonds. The molecule has 3 aromatic heterocycles. The average molecular weight is 422 g/mol. The summed E-state index contributed by atoms with van der Waals surface area (Å²) in [5, 5.41) is 18.9. The fourth-order valence-electron chi connectivity index (χ4n) is 2.97. The van der Waals surface area contributed by atoms with Gasteiger partial charge < -0.3 is 15.0 Å². The number of nitrogens with one attached hydrogen (secondary N) is 2. The number of carbonyl (C=O) groups is 1. The number of hydrogen-bond donors (Lipinski definition) is 3. The quantitative estimate of drug-likeness (QED) is 0.396. The molecule has 0 saturated heterocycles. The molecule has 0 bridgehead atoms. The second kappa shape index (κ2) is 8.61. The third-order valence-electron chi connectivity index (χ3n) is 4.41. The minimum atomic E-state index is -1.02. The van der Waals surface area contributed by atoms with Gasteiger partial charge in [0.25, 0.3) is 0 Å². The van der Waals surface area contributed by atoms with Gasteiger partial charge in [-0.15, -0.1) is 0 Å². The fraction of sp³-hybridized carbons (Fsp3) is 0.150. The van der Waals surface area contributed by atoms with Crippen molar-refractivity contribution in [1.29, 1.82) is 0 Å². The number of carboxylic acid groups (broad SMARTS) is 1. The molecule has 0 aliphatic carbocycles. The predicted molar refractivity (Wildman–Crippen MR) is 111 cm³/mol. The first kappa shape index (κ1) is 20.0. The third kappa shape index (κ3) is 4.83. The number of aliphatic carboxylic acids is 1. The van der Waals surface area contributed by atoms with E-state index >= 15 is 0 Å². The molecule has 10 nitrogen and oxygen atoms in total. The lowest BCUT2D eigenvalue weighted by Crippen LogP contribution is -2.12. The average Bonchev–Trinajstić information content (AvgIpc) is 3.37. The zero-order valence-corrected chi connectivity index (χ0v) is 16.5. The number of halogens is 1. The molecule has 31 heavy (non-hydrogen) atoms. The molecule has 4 rings (SSSR count). The Bertz CT molecular complexity index is 1220. The fourth-order valence-corrected chi connectivity index (χ4v) is 2.97. The minimum absolute atomic E-state index is 0.0145. The maximum Gasteiger partial charge on any atom is 0.323 e. The molecule has 0 radical (unpaired) electrons. The first-order chi connectivity index (χ1) is 15.0. The van der Waals surface area contributed by atoms with Crippen molar-refractivity contribution >= 4 is 23.7 Å². The maximum atomic E-state index is 14.2. The second-order valence-corrected chi connectivity index (χ2v) is 6.74. The summed E-state index contributed by atoms with van der Waals surface area (Å²) < 4.78 is 17.3. The van der Waals surface area contributed by atoms with Gasteiger partial charge in [0, 0.05) is 37.7 Å². The van der Waals surface area contributed by atoms with E-state index in [1.165, 1.54) is 17.0 Å². The number of hydrogen-bond acceptors (Lipinski definition) is 7. The molecule has 11 heteroatoms. The standard InChI is InChI=1S/C20H19FN8O2/c1-28-11-15(9-25-28)14-4-2-3-13(7-14)8-23-18-16(21)10-24-19(26-18)27-20-22-5-6-29(20)12-17(30)31/h2-7,9-11H,8,12H2,1H3,(H,30,31)(H2,22,23,24,26,27). The molecular weight excluding hydrogens is 403 g/mol. The van der Waals surface area contributed by atoms with Crippen LogP contribution in [-0.2, 0) is 24.9 Å². The summed E-state index contributed by atoms with van der Waals surface area (Å²) in [5.41, 5.74) is 2.93. The highest BCUT2D eigenvalue weighted by molar-refractivity contribution is 5.67. The number of carboxylic acids is 1. The zero-order valence-electron chi connectivity index (χ0n) is 16.5. The number of aryl methyl sites for hydroxylation is 1. The van der Waals surface area contributed by atoms with Gasteiger partial charge in [0.2, 0.25) is 11.9 Å². The highest BCUT2D eigenvalue weighted by atomic mass is 19.1. The molecular formula is C20H19FN8O2. The normalized spacial score (nSPS) is 10.8. The van der Waals surface area contributed by atoms with E-state index in [4.69, 9.17) is 5.11 Å². The van der Waals surface area contributed by atoms with Crippen LogP contribution in [0.15, 0.2) is 55.2 Å². The Kier molecular flexibility index (Phi) is 5.56. The van der Waals surface area contributed by atoms with Crippen LogP contribution in [-0.4, -0.2) is 40.4 Å². The van der Waals surface area contributed by atoms with E-state index in [-0.39, 0.29) is 24.3 Å². The van der Waals surface area contributed by atoms with Gasteiger partial charge in [-0.25, -0.2) is 14.4 Å². The molecule has 0 aliphatic rings. The summed E-state index contributed by atoms with van der Waals surface area (Å²) in [6.07, 6.45) is 7.69. The Balaban J connectivity index is 1.47. The van der Waals surface area contributed by atoms with Crippen LogP contribution in [0, 0.1) is 5.82 Å². The molecule has 0 atom stereocenters. The Hall–Kier alpha value is -4.28. The Labute approximate surface area is 176 Å². The monoisotopic (exact) mass is 422 g/mol. The van der Waals surface area contributed by atoms with Crippen LogP contribution in [0.1, 0.15) is 5.56 Å². The Morgan fingerprint density at radius 3 is 2.87 bits per heavy atom. The van der Waals surface area contributed by atoms with Crippen LogP contribution in [0.2, 0.25) is 0 Å². The minimum Gasteiger partial charge on any atom is -0.480 e. The zero-order chi connectivity index (χ0) is 21.8. The highest BCUT2D eigenvalue weighted by Gasteiger charge is 2.11. The van der Waals surface area contributed by atoms with E-state index in [9.17, 15) is 9.18 Å². The van der Waals surface area contributed by atoms with E-state index in [2.05, 4.69) is 30.7 Å². The first-order valence-electron chi connectivity index (χ1n) is 9.32. The van der Waals surface area contributed by atoms with Gasteiger partial charge in [-0.3, -0.25) is 14.8 Å². The van der Waals surface area contributed by atoms with Gasteiger partial charge in [0.05, 0.1) is 12.4 Å². The number of benzene rings is 1. The highest BCUT2D eigenvalue weighted by Crippen LogP contribution is 2.21. The molecule has 158 valence electrons. The molecule has 0 fully saturated rings. The number of nitrogens with zero attached hydrogens (tertiary/aromatic N) is 6. The van der Waals surface area contributed by atoms with Gasteiger partial charge >= 0.3 is 5.97 Å². The Morgan fingerprint density at radius 1 is 1.23 bits per heavy atom. The van der Waals surface area contributed by atoms with Crippen molar-refractivity contribution in [3.8, 4) is 11.1 Å². The van der Waals surface area contributed by atoms with Gasteiger partial charge in [-0.1, -0.05) is 18.2 Å². The number of aromatic nitrogens is 6. The Morgan fingerprint density at radius 2 is 2.10 bits per heavy atom. The smallest absolute Gasteiger partial charge is 0.323 e. The predicted octanol–water partition coefficient (Wildman–Crippen LogP) is 2.65. The molecule has 3 N–H and O–H groups in total. The topological polar surface area (TPSA) is 123 Å². The lowest BCUT2D eigenvalue weighted by atomic mass is 10.1. The van der Waals surface area contributed by atoms with Crippen molar-refractivity contribution in [3.05, 3.63) is 66.6 Å². The van der Waals surface area contributed by atoms with Crippen LogP contribution in [0.25, 0.3) is 11.1 Å². The summed E-state index contributed by atoms with van der Waals surface area (Å²) in [4.78, 5) is 23.0. The molecule has 3 heterocycles. The summed E-state index contributed by atoms with van der Waals surface area (Å²) in [5.74, 6) is -1.28. The van der Waals surface area contributed by atoms with Crippen LogP contribution in [0.5, 0.6) is 0 Å². The first-order valence-corrected chi connectivity index (χ1v) is 9.32. The molecule has 0 saturated carbocycles. The SMILES string of the molecule is Cn1cc(-c2cccc(CNc3nc(Nc4nccn4CC(=O)O)ncc3F)c2)cn1. The van der Waals surface area contributed by atoms with Crippen molar-refractivity contribution in [2.75, 3.05) is 10.6 Å². The molecule has 1 aromatic carbocycles. The number of rotatable bonds is 8. The van der Waals surface area contributed by atoms with Gasteiger partial charge in [0.1, 0.15) is 6.54 Å². The molecule has 0 spiro atoms. The van der Waals surface area contributed by atoms with Gasteiger partial charge in [0.15, 0.2) is 11.6 Å². The summed E-state index contributed by atoms with van der Waals surface area (Å²) in [6, 6.07) is 7.82. The van der Waals surface area contributed by atoms with E-state index in [0.717, 1.165) is 22.9 Å². The van der Waals surface area contributed by atoms with Crippen LogP contribution in [0.3, 0.4) is 0 Å². The van der Waals surface area contributed by atoms with Crippen molar-refractivity contribution in [2.24, 2.45) is 7.05 Å². The number of anilines is 3. The van der Waals surface area contributed by atoms with Gasteiger partial charge in [-0.2, -0.15) is 10.1 Å². The lowest BCUT2D eigenvalue weighted by molar-refractivity contribution is -0.137. The molecule has 0 unspecified atom stereocenters. The lowest BCUT2D eigenvalue weighted by Gasteiger charge is -2.10. The van der Waals surface area contributed by atoms with E-state index < -0.39 is 11.8 Å². The van der Waals surface area contributed by atoms with E-state index in [1.807, 2.05) is 37.5 Å². The van der Waals surface area contributed by atoms with E-state index in [1.54, 1.807) is 10.9 Å². The van der Waals surface area contributed by atoms with Crippen molar-refractivity contribution < 1.29 is 14.3 Å². The largest absolute Gasteiger partial charge is 0.480 e. The summed E-state index contributed by atoms with van der Waals surface area (Å²) in [6.45, 7) is 0.0665. The third-order valence-corrected chi connectivity index (χ3v) is 4.41. The van der Waals surface area contributed by atoms with Crippen molar-refractivity contribution in [3.63, 3.8) is 0 Å².